The van der Waals surface area contributed by atoms with Crippen molar-refractivity contribution in [3.63, 3.8) is 0 Å². The van der Waals surface area contributed by atoms with Gasteiger partial charge < -0.3 is 16.0 Å². The summed E-state index contributed by atoms with van der Waals surface area (Å²) in [5, 5.41) is 2.99. The number of carbonyl (C=O) groups excluding carboxylic acids is 1. The van der Waals surface area contributed by atoms with Crippen molar-refractivity contribution in [1.29, 1.82) is 0 Å². The van der Waals surface area contributed by atoms with Gasteiger partial charge >= 0.3 is 0 Å². The van der Waals surface area contributed by atoms with Crippen molar-refractivity contribution in [2.75, 3.05) is 5.32 Å². The van der Waals surface area contributed by atoms with Crippen LogP contribution in [0.3, 0.4) is 0 Å². The number of aromatic nitrogens is 2. The zero-order valence-corrected chi connectivity index (χ0v) is 14.4. The molecular weight excluding hydrogens is 320 g/mol. The predicted octanol–water partition coefficient (Wildman–Crippen LogP) is 3.46. The van der Waals surface area contributed by atoms with Gasteiger partial charge in [-0.05, 0) is 55.0 Å². The number of anilines is 1. The van der Waals surface area contributed by atoms with E-state index in [1.165, 1.54) is 16.9 Å². The first-order valence-electron chi connectivity index (χ1n) is 8.24. The number of hydrogen-bond acceptors (Lipinski definition) is 4. The van der Waals surface area contributed by atoms with Crippen molar-refractivity contribution in [3.8, 4) is 0 Å². The fourth-order valence-electron chi connectivity index (χ4n) is 3.25. The molecule has 1 amide bonds. The highest BCUT2D eigenvalue weighted by Gasteiger charge is 2.20. The van der Waals surface area contributed by atoms with Crippen LogP contribution in [0.2, 0.25) is 0 Å². The van der Waals surface area contributed by atoms with Crippen LogP contribution in [0.25, 0.3) is 11.0 Å². The molecular formula is C18H20N4OS. The summed E-state index contributed by atoms with van der Waals surface area (Å²) in [6, 6.07) is 7.72. The molecule has 24 heavy (non-hydrogen) atoms. The quantitative estimate of drug-likeness (QED) is 0.683. The first-order chi connectivity index (χ1) is 11.6. The zero-order chi connectivity index (χ0) is 16.7. The van der Waals surface area contributed by atoms with Crippen molar-refractivity contribution in [2.45, 2.75) is 32.7 Å². The molecule has 5 nitrogen and oxygen atoms in total. The molecule has 2 heterocycles. The zero-order valence-electron chi connectivity index (χ0n) is 13.6. The number of aromatic amines is 1. The van der Waals surface area contributed by atoms with Crippen LogP contribution in [0.5, 0.6) is 0 Å². The monoisotopic (exact) mass is 340 g/mol. The summed E-state index contributed by atoms with van der Waals surface area (Å²) in [7, 11) is 0. The molecule has 0 radical (unpaired) electrons. The molecule has 1 aliphatic carbocycles. The molecule has 4 rings (SSSR count). The van der Waals surface area contributed by atoms with Crippen molar-refractivity contribution in [1.82, 2.24) is 9.97 Å². The molecule has 0 bridgehead atoms. The lowest BCUT2D eigenvalue weighted by Crippen LogP contribution is -2.10. The summed E-state index contributed by atoms with van der Waals surface area (Å²) in [5.41, 5.74) is 9.45. The summed E-state index contributed by atoms with van der Waals surface area (Å²) in [5.74, 6) is 1.41. The van der Waals surface area contributed by atoms with Gasteiger partial charge in [0.2, 0.25) is 0 Å². The second-order valence-corrected chi connectivity index (χ2v) is 7.62. The maximum absolute atomic E-state index is 12.6. The van der Waals surface area contributed by atoms with E-state index in [2.05, 4.69) is 28.3 Å². The Morgan fingerprint density at radius 2 is 2.33 bits per heavy atom. The van der Waals surface area contributed by atoms with E-state index in [0.717, 1.165) is 40.3 Å². The lowest BCUT2D eigenvalue weighted by atomic mass is 9.90. The van der Waals surface area contributed by atoms with Crippen LogP contribution in [0.4, 0.5) is 5.69 Å². The Hall–Kier alpha value is -2.18. The second kappa shape index (κ2) is 6.03. The Morgan fingerprint density at radius 1 is 1.46 bits per heavy atom. The number of imidazole rings is 1. The number of nitrogens with zero attached hydrogens (tertiary/aromatic N) is 1. The summed E-state index contributed by atoms with van der Waals surface area (Å²) >= 11 is 1.63. The molecule has 0 aliphatic heterocycles. The largest absolute Gasteiger partial charge is 0.341 e. The van der Waals surface area contributed by atoms with Crippen LogP contribution in [0.15, 0.2) is 24.3 Å². The van der Waals surface area contributed by atoms with E-state index in [0.29, 0.717) is 12.5 Å². The SMILES string of the molecule is CC1CCc2sc(C(=O)Nc3ccc4nc(CN)[nH]c4c3)cc2C1. The molecule has 1 aliphatic rings. The number of carbonyl (C=O) groups is 1. The highest BCUT2D eigenvalue weighted by Crippen LogP contribution is 2.32. The molecule has 3 aromatic rings. The van der Waals surface area contributed by atoms with Gasteiger partial charge in [-0.25, -0.2) is 4.98 Å². The summed E-state index contributed by atoms with van der Waals surface area (Å²) in [4.78, 5) is 22.3. The minimum atomic E-state index is -0.0417. The number of fused-ring (bicyclic) bond motifs is 2. The second-order valence-electron chi connectivity index (χ2n) is 6.48. The lowest BCUT2D eigenvalue weighted by molar-refractivity contribution is 0.103. The summed E-state index contributed by atoms with van der Waals surface area (Å²) in [6.45, 7) is 2.64. The van der Waals surface area contributed by atoms with E-state index in [1.54, 1.807) is 11.3 Å². The molecule has 2 aromatic heterocycles. The normalized spacial score (nSPS) is 17.0. The lowest BCUT2D eigenvalue weighted by Gasteiger charge is -2.16. The van der Waals surface area contributed by atoms with Crippen LogP contribution >= 0.6 is 11.3 Å². The number of rotatable bonds is 3. The van der Waals surface area contributed by atoms with Crippen LogP contribution in [-0.2, 0) is 19.4 Å². The van der Waals surface area contributed by atoms with E-state index in [1.807, 2.05) is 18.2 Å². The molecule has 4 N–H and O–H groups in total. The smallest absolute Gasteiger partial charge is 0.265 e. The predicted molar refractivity (Wildman–Crippen MR) is 97.4 cm³/mol. The number of amides is 1. The van der Waals surface area contributed by atoms with E-state index < -0.39 is 0 Å². The summed E-state index contributed by atoms with van der Waals surface area (Å²) in [6.07, 6.45) is 3.39. The first kappa shape index (κ1) is 15.4. The number of nitrogens with two attached hydrogens (primary N) is 1. The Labute approximate surface area is 144 Å². The third-order valence-electron chi connectivity index (χ3n) is 4.54. The fourth-order valence-corrected chi connectivity index (χ4v) is 4.35. The fraction of sp³-hybridized carbons (Fsp3) is 0.333. The molecule has 0 saturated heterocycles. The van der Waals surface area contributed by atoms with E-state index in [9.17, 15) is 4.79 Å². The van der Waals surface area contributed by atoms with Gasteiger partial charge in [0.1, 0.15) is 5.82 Å². The van der Waals surface area contributed by atoms with Crippen molar-refractivity contribution in [3.05, 3.63) is 45.4 Å². The van der Waals surface area contributed by atoms with Gasteiger partial charge in [0.05, 0.1) is 22.5 Å². The van der Waals surface area contributed by atoms with Gasteiger partial charge in [0.25, 0.3) is 5.91 Å². The average Bonchev–Trinajstić information content (AvgIpc) is 3.17. The van der Waals surface area contributed by atoms with Gasteiger partial charge in [0, 0.05) is 10.6 Å². The maximum atomic E-state index is 12.6. The third kappa shape index (κ3) is 2.83. The number of nitrogens with one attached hydrogen (secondary N) is 2. The molecule has 0 saturated carbocycles. The van der Waals surface area contributed by atoms with Crippen LogP contribution in [0.1, 0.15) is 39.3 Å². The topological polar surface area (TPSA) is 83.8 Å². The van der Waals surface area contributed by atoms with Crippen LogP contribution < -0.4 is 11.1 Å². The standard InChI is InChI=1S/C18H20N4OS/c1-10-2-5-15-11(6-10)7-16(24-15)18(23)20-12-3-4-13-14(8-12)22-17(9-19)21-13/h3-4,7-8,10H,2,5-6,9,19H2,1H3,(H,20,23)(H,21,22). The van der Waals surface area contributed by atoms with Gasteiger partial charge in [0.15, 0.2) is 0 Å². The molecule has 0 spiro atoms. The van der Waals surface area contributed by atoms with Gasteiger partial charge in [-0.15, -0.1) is 11.3 Å². The highest BCUT2D eigenvalue weighted by molar-refractivity contribution is 7.14. The number of aryl methyl sites for hydroxylation is 1. The maximum Gasteiger partial charge on any atom is 0.265 e. The average molecular weight is 340 g/mol. The third-order valence-corrected chi connectivity index (χ3v) is 5.77. The Balaban J connectivity index is 1.55. The minimum Gasteiger partial charge on any atom is -0.341 e. The Bertz CT molecular complexity index is 911. The molecule has 1 unspecified atom stereocenters. The molecule has 0 fully saturated rings. The molecule has 1 atom stereocenters. The van der Waals surface area contributed by atoms with Gasteiger partial charge in [-0.1, -0.05) is 6.92 Å². The van der Waals surface area contributed by atoms with Gasteiger partial charge in [-0.3, -0.25) is 4.79 Å². The van der Waals surface area contributed by atoms with E-state index >= 15 is 0 Å². The number of H-pyrrole nitrogens is 1. The molecule has 124 valence electrons. The van der Waals surface area contributed by atoms with Crippen LogP contribution in [0, 0.1) is 5.92 Å². The van der Waals surface area contributed by atoms with Gasteiger partial charge in [-0.2, -0.15) is 0 Å². The van der Waals surface area contributed by atoms with Crippen molar-refractivity contribution < 1.29 is 4.79 Å². The Kier molecular flexibility index (Phi) is 3.86. The minimum absolute atomic E-state index is 0.0417. The van der Waals surface area contributed by atoms with Crippen molar-refractivity contribution >= 4 is 34.0 Å². The Morgan fingerprint density at radius 3 is 3.17 bits per heavy atom. The number of hydrogen-bond donors (Lipinski definition) is 3. The van der Waals surface area contributed by atoms with E-state index in [-0.39, 0.29) is 5.91 Å². The summed E-state index contributed by atoms with van der Waals surface area (Å²) < 4.78 is 0. The number of thiophene rings is 1. The van der Waals surface area contributed by atoms with Crippen LogP contribution in [-0.4, -0.2) is 15.9 Å². The van der Waals surface area contributed by atoms with E-state index in [4.69, 9.17) is 5.73 Å². The first-order valence-corrected chi connectivity index (χ1v) is 9.05. The molecule has 1 aromatic carbocycles. The molecule has 6 heteroatoms. The highest BCUT2D eigenvalue weighted by atomic mass is 32.1. The number of benzene rings is 1. The van der Waals surface area contributed by atoms with Crippen molar-refractivity contribution in [2.24, 2.45) is 11.7 Å².